The van der Waals surface area contributed by atoms with E-state index in [-0.39, 0.29) is 16.8 Å². The Labute approximate surface area is 122 Å². The van der Waals surface area contributed by atoms with Crippen LogP contribution in [0.3, 0.4) is 0 Å². The zero-order valence-corrected chi connectivity index (χ0v) is 12.2. The van der Waals surface area contributed by atoms with E-state index in [0.29, 0.717) is 4.90 Å². The van der Waals surface area contributed by atoms with Crippen molar-refractivity contribution in [2.45, 2.75) is 13.2 Å². The molecule has 0 saturated heterocycles. The van der Waals surface area contributed by atoms with Crippen molar-refractivity contribution in [2.75, 3.05) is 17.3 Å². The second-order valence-corrected chi connectivity index (χ2v) is 6.04. The van der Waals surface area contributed by atoms with E-state index in [4.69, 9.17) is 0 Å². The summed E-state index contributed by atoms with van der Waals surface area (Å²) in [5, 5.41) is 2.44. The van der Waals surface area contributed by atoms with Gasteiger partial charge in [0.2, 0.25) is 5.91 Å². The van der Waals surface area contributed by atoms with Gasteiger partial charge >= 0.3 is 0 Å². The van der Waals surface area contributed by atoms with E-state index in [2.05, 4.69) is 5.32 Å². The smallest absolute Gasteiger partial charge is 0.266 e. The lowest BCUT2D eigenvalue weighted by Crippen LogP contribution is -2.40. The van der Waals surface area contributed by atoms with Crippen molar-refractivity contribution in [3.63, 3.8) is 0 Å². The minimum Gasteiger partial charge on any atom is -0.326 e. The quantitative estimate of drug-likeness (QED) is 0.662. The number of carbonyl (C=O) groups is 3. The number of nitrogens with zero attached hydrogens (tertiary/aromatic N) is 1. The van der Waals surface area contributed by atoms with Crippen LogP contribution in [0.4, 0.5) is 10.1 Å². The van der Waals surface area contributed by atoms with Crippen LogP contribution >= 0.6 is 0 Å². The van der Waals surface area contributed by atoms with Crippen molar-refractivity contribution < 1.29 is 23.0 Å². The highest BCUT2D eigenvalue weighted by molar-refractivity contribution is 7.84. The van der Waals surface area contributed by atoms with Crippen molar-refractivity contribution in [1.82, 2.24) is 4.90 Å². The van der Waals surface area contributed by atoms with Crippen molar-refractivity contribution in [2.24, 2.45) is 0 Å². The van der Waals surface area contributed by atoms with Gasteiger partial charge in [-0.25, -0.2) is 9.29 Å². The molecule has 2 rings (SSSR count). The summed E-state index contributed by atoms with van der Waals surface area (Å²) < 4.78 is 25.1. The van der Waals surface area contributed by atoms with Gasteiger partial charge in [-0.1, -0.05) is 6.07 Å². The van der Waals surface area contributed by atoms with E-state index in [1.165, 1.54) is 31.4 Å². The summed E-state index contributed by atoms with van der Waals surface area (Å²) in [4.78, 5) is 35.9. The number of rotatable bonds is 4. The average Bonchev–Trinajstić information content (AvgIpc) is 2.61. The number of imide groups is 1. The molecule has 1 heterocycles. The maximum absolute atomic E-state index is 14.0. The minimum absolute atomic E-state index is 0.0239. The predicted octanol–water partition coefficient (Wildman–Crippen LogP) is 0.915. The van der Waals surface area contributed by atoms with Gasteiger partial charge in [0.25, 0.3) is 11.8 Å². The van der Waals surface area contributed by atoms with Gasteiger partial charge in [-0.3, -0.25) is 18.6 Å². The third-order valence-corrected chi connectivity index (χ3v) is 3.65. The first kappa shape index (κ1) is 15.3. The van der Waals surface area contributed by atoms with Gasteiger partial charge in [0.15, 0.2) is 6.30 Å². The maximum Gasteiger partial charge on any atom is 0.266 e. The fourth-order valence-corrected chi connectivity index (χ4v) is 2.66. The van der Waals surface area contributed by atoms with Gasteiger partial charge in [0, 0.05) is 24.0 Å². The van der Waals surface area contributed by atoms with Crippen LogP contribution in [-0.2, 0) is 15.6 Å². The van der Waals surface area contributed by atoms with E-state index in [0.717, 1.165) is 0 Å². The lowest BCUT2D eigenvalue weighted by atomic mass is 10.1. The zero-order valence-electron chi connectivity index (χ0n) is 11.4. The molecule has 1 aliphatic rings. The summed E-state index contributed by atoms with van der Waals surface area (Å²) in [7, 11) is -1.49. The molecule has 0 fully saturated rings. The molecular weight excluding hydrogens is 299 g/mol. The first-order valence-corrected chi connectivity index (χ1v) is 7.78. The maximum atomic E-state index is 14.0. The molecule has 3 amide bonds. The highest BCUT2D eigenvalue weighted by Gasteiger charge is 2.42. The van der Waals surface area contributed by atoms with E-state index < -0.39 is 40.6 Å². The van der Waals surface area contributed by atoms with Gasteiger partial charge in [-0.15, -0.1) is 0 Å². The van der Waals surface area contributed by atoms with E-state index in [1.54, 1.807) is 0 Å². The van der Waals surface area contributed by atoms with Crippen LogP contribution in [-0.4, -0.2) is 45.1 Å². The molecule has 0 aliphatic carbocycles. The monoisotopic (exact) mass is 312 g/mol. The first-order valence-electron chi connectivity index (χ1n) is 6.05. The normalized spacial score (nSPS) is 16.6. The molecule has 6 nitrogen and oxygen atoms in total. The molecular formula is C13H13FN2O4S. The number of hydrogen-bond donors (Lipinski definition) is 1. The van der Waals surface area contributed by atoms with Crippen molar-refractivity contribution in [3.05, 3.63) is 29.3 Å². The number of alkyl halides is 1. The third kappa shape index (κ3) is 2.85. The van der Waals surface area contributed by atoms with Crippen molar-refractivity contribution >= 4 is 34.2 Å². The summed E-state index contributed by atoms with van der Waals surface area (Å²) in [6.07, 6.45) is -0.679. The van der Waals surface area contributed by atoms with Crippen LogP contribution in [0, 0.1) is 0 Å². The lowest BCUT2D eigenvalue weighted by Gasteiger charge is -2.17. The summed E-state index contributed by atoms with van der Waals surface area (Å²) in [6.45, 7) is 1.26. The van der Waals surface area contributed by atoms with Gasteiger partial charge in [-0.2, -0.15) is 0 Å². The molecule has 0 aromatic heterocycles. The Morgan fingerprint density at radius 1 is 1.38 bits per heavy atom. The predicted molar refractivity (Wildman–Crippen MR) is 75.1 cm³/mol. The molecule has 1 aliphatic heterocycles. The summed E-state index contributed by atoms with van der Waals surface area (Å²) in [5.74, 6) is -2.48. The second kappa shape index (κ2) is 5.72. The Kier molecular flexibility index (Phi) is 4.17. The molecule has 0 spiro atoms. The number of anilines is 1. The van der Waals surface area contributed by atoms with Crippen LogP contribution in [0.5, 0.6) is 0 Å². The molecule has 1 aromatic rings. The Hall–Kier alpha value is -2.09. The Balaban J connectivity index is 2.42. The van der Waals surface area contributed by atoms with Crippen molar-refractivity contribution in [1.29, 1.82) is 0 Å². The standard InChI is InChI=1S/C13H13FN2O4S/c1-7(17)15-9-5-3-4-8-11(9)13(19)16(12(8)18)10(14)6-21(2)20/h3-5,10H,6H2,1-2H3,(H,15,17)/t10-,21+/m1/s1. The Morgan fingerprint density at radius 3 is 2.62 bits per heavy atom. The topological polar surface area (TPSA) is 83.6 Å². The van der Waals surface area contributed by atoms with Crippen LogP contribution in [0.25, 0.3) is 0 Å². The molecule has 0 bridgehead atoms. The van der Waals surface area contributed by atoms with E-state index in [9.17, 15) is 23.0 Å². The van der Waals surface area contributed by atoms with E-state index >= 15 is 0 Å². The highest BCUT2D eigenvalue weighted by atomic mass is 32.2. The molecule has 1 aromatic carbocycles. The molecule has 0 unspecified atom stereocenters. The van der Waals surface area contributed by atoms with Gasteiger partial charge in [0.1, 0.15) is 0 Å². The first-order chi connectivity index (χ1) is 9.82. The third-order valence-electron chi connectivity index (χ3n) is 2.91. The Bertz CT molecular complexity index is 662. The number of hydrogen-bond acceptors (Lipinski definition) is 4. The number of fused-ring (bicyclic) bond motifs is 1. The number of halogens is 1. The van der Waals surface area contributed by atoms with Crippen LogP contribution in [0.1, 0.15) is 27.6 Å². The second-order valence-electron chi connectivity index (χ2n) is 4.56. The fourth-order valence-electron chi connectivity index (χ4n) is 2.12. The SMILES string of the molecule is CC(=O)Nc1cccc2c1C(=O)N([C@@H](F)C[S@](C)=O)C2=O. The molecule has 112 valence electrons. The van der Waals surface area contributed by atoms with Crippen molar-refractivity contribution in [3.8, 4) is 0 Å². The minimum atomic E-state index is -1.96. The number of nitrogens with one attached hydrogen (secondary N) is 1. The number of carbonyl (C=O) groups excluding carboxylic acids is 3. The van der Waals surface area contributed by atoms with E-state index in [1.807, 2.05) is 0 Å². The molecule has 0 saturated carbocycles. The zero-order chi connectivity index (χ0) is 15.7. The number of amides is 3. The number of benzene rings is 1. The lowest BCUT2D eigenvalue weighted by molar-refractivity contribution is -0.114. The molecule has 21 heavy (non-hydrogen) atoms. The summed E-state index contributed by atoms with van der Waals surface area (Å²) in [5.41, 5.74) is 0.142. The van der Waals surface area contributed by atoms with Crippen LogP contribution < -0.4 is 5.32 Å². The molecule has 1 N–H and O–H groups in total. The highest BCUT2D eigenvalue weighted by Crippen LogP contribution is 2.31. The van der Waals surface area contributed by atoms with Gasteiger partial charge in [0.05, 0.1) is 22.6 Å². The fraction of sp³-hybridized carbons (Fsp3) is 0.308. The summed E-state index contributed by atoms with van der Waals surface area (Å²) >= 11 is 0. The molecule has 2 atom stereocenters. The average molecular weight is 312 g/mol. The largest absolute Gasteiger partial charge is 0.326 e. The van der Waals surface area contributed by atoms with Gasteiger partial charge < -0.3 is 5.32 Å². The van der Waals surface area contributed by atoms with Crippen LogP contribution in [0.2, 0.25) is 0 Å². The van der Waals surface area contributed by atoms with Gasteiger partial charge in [-0.05, 0) is 12.1 Å². The summed E-state index contributed by atoms with van der Waals surface area (Å²) in [6, 6.07) is 4.33. The Morgan fingerprint density at radius 2 is 2.05 bits per heavy atom. The molecule has 8 heteroatoms. The van der Waals surface area contributed by atoms with Crippen LogP contribution in [0.15, 0.2) is 18.2 Å². The molecule has 0 radical (unpaired) electrons.